The molecule has 0 aliphatic carbocycles. The number of aryl methyl sites for hydroxylation is 2. The van der Waals surface area contributed by atoms with Gasteiger partial charge < -0.3 is 10.2 Å². The van der Waals surface area contributed by atoms with Crippen LogP contribution in [0, 0.1) is 13.8 Å². The fourth-order valence-electron chi connectivity index (χ4n) is 1.90. The van der Waals surface area contributed by atoms with Crippen LogP contribution in [0.3, 0.4) is 0 Å². The molecule has 0 radical (unpaired) electrons. The first-order chi connectivity index (χ1) is 7.58. The molecular formula is C13H14BrNO. The van der Waals surface area contributed by atoms with Crippen LogP contribution < -0.4 is 5.73 Å². The number of hydrogen-bond donors (Lipinski definition) is 1. The van der Waals surface area contributed by atoms with Gasteiger partial charge in [0.05, 0.1) is 12.3 Å². The summed E-state index contributed by atoms with van der Waals surface area (Å²) in [4.78, 5) is 0. The standard InChI is InChI=1S/C13H14BrNO/c1-8-5-9(2)7-10(6-8)12(15)11-3-4-16-13(11)14/h3-7,12H,15H2,1-2H3. The summed E-state index contributed by atoms with van der Waals surface area (Å²) in [6, 6.07) is 8.10. The van der Waals surface area contributed by atoms with E-state index in [9.17, 15) is 0 Å². The molecule has 3 heteroatoms. The predicted octanol–water partition coefficient (Wildman–Crippen LogP) is 3.71. The number of benzene rings is 1. The van der Waals surface area contributed by atoms with E-state index in [4.69, 9.17) is 10.2 Å². The summed E-state index contributed by atoms with van der Waals surface area (Å²) in [5.41, 5.74) is 10.8. The smallest absolute Gasteiger partial charge is 0.174 e. The highest BCUT2D eigenvalue weighted by atomic mass is 79.9. The van der Waals surface area contributed by atoms with Gasteiger partial charge in [0, 0.05) is 5.56 Å². The third-order valence-corrected chi connectivity index (χ3v) is 3.23. The third-order valence-electron chi connectivity index (χ3n) is 2.58. The van der Waals surface area contributed by atoms with Crippen LogP contribution in [0.4, 0.5) is 0 Å². The number of rotatable bonds is 2. The van der Waals surface area contributed by atoms with Gasteiger partial charge in [-0.2, -0.15) is 0 Å². The van der Waals surface area contributed by atoms with Crippen molar-refractivity contribution >= 4 is 15.9 Å². The molecule has 0 saturated heterocycles. The highest BCUT2D eigenvalue weighted by Crippen LogP contribution is 2.28. The minimum Gasteiger partial charge on any atom is -0.457 e. The normalized spacial score (nSPS) is 12.8. The quantitative estimate of drug-likeness (QED) is 0.910. The molecule has 0 saturated carbocycles. The molecule has 1 unspecified atom stereocenters. The number of halogens is 1. The summed E-state index contributed by atoms with van der Waals surface area (Å²) in [5, 5.41) is 0. The number of furan rings is 1. The zero-order chi connectivity index (χ0) is 11.7. The van der Waals surface area contributed by atoms with E-state index in [1.165, 1.54) is 11.1 Å². The SMILES string of the molecule is Cc1cc(C)cc(C(N)c2ccoc2Br)c1. The molecule has 0 aliphatic rings. The second kappa shape index (κ2) is 4.44. The zero-order valence-corrected chi connectivity index (χ0v) is 10.9. The van der Waals surface area contributed by atoms with Crippen LogP contribution in [0.15, 0.2) is 39.6 Å². The van der Waals surface area contributed by atoms with E-state index in [-0.39, 0.29) is 6.04 Å². The topological polar surface area (TPSA) is 39.2 Å². The van der Waals surface area contributed by atoms with Crippen molar-refractivity contribution in [2.24, 2.45) is 5.73 Å². The molecule has 2 aromatic rings. The minimum absolute atomic E-state index is 0.147. The lowest BCUT2D eigenvalue weighted by Crippen LogP contribution is -2.11. The lowest BCUT2D eigenvalue weighted by molar-refractivity contribution is 0.534. The van der Waals surface area contributed by atoms with Crippen molar-refractivity contribution in [3.8, 4) is 0 Å². The molecule has 2 rings (SSSR count). The Morgan fingerprint density at radius 1 is 1.19 bits per heavy atom. The van der Waals surface area contributed by atoms with Crippen LogP contribution in [-0.2, 0) is 0 Å². The Morgan fingerprint density at radius 2 is 1.81 bits per heavy atom. The largest absolute Gasteiger partial charge is 0.457 e. The van der Waals surface area contributed by atoms with Gasteiger partial charge in [0.1, 0.15) is 0 Å². The molecule has 2 N–H and O–H groups in total. The second-order valence-corrected chi connectivity index (χ2v) is 4.77. The Kier molecular flexibility index (Phi) is 3.17. The van der Waals surface area contributed by atoms with Crippen LogP contribution in [0.1, 0.15) is 28.3 Å². The van der Waals surface area contributed by atoms with E-state index in [0.29, 0.717) is 4.67 Å². The van der Waals surface area contributed by atoms with Gasteiger partial charge in [-0.25, -0.2) is 0 Å². The Labute approximate surface area is 104 Å². The lowest BCUT2D eigenvalue weighted by atomic mass is 9.98. The molecule has 0 fully saturated rings. The maximum atomic E-state index is 6.21. The molecule has 0 spiro atoms. The van der Waals surface area contributed by atoms with Crippen LogP contribution in [0.25, 0.3) is 0 Å². The molecule has 1 aromatic heterocycles. The molecule has 0 bridgehead atoms. The van der Waals surface area contributed by atoms with Crippen LogP contribution in [0.5, 0.6) is 0 Å². The van der Waals surface area contributed by atoms with Crippen molar-refractivity contribution in [3.05, 3.63) is 57.5 Å². The fourth-order valence-corrected chi connectivity index (χ4v) is 2.38. The van der Waals surface area contributed by atoms with E-state index < -0.39 is 0 Å². The van der Waals surface area contributed by atoms with E-state index in [2.05, 4.69) is 48.0 Å². The van der Waals surface area contributed by atoms with Gasteiger partial charge in [0.25, 0.3) is 0 Å². The molecule has 16 heavy (non-hydrogen) atoms. The fraction of sp³-hybridized carbons (Fsp3) is 0.231. The average Bonchev–Trinajstić information content (AvgIpc) is 2.62. The first-order valence-corrected chi connectivity index (χ1v) is 5.94. The summed E-state index contributed by atoms with van der Waals surface area (Å²) in [6.07, 6.45) is 1.64. The predicted molar refractivity (Wildman–Crippen MR) is 68.4 cm³/mol. The number of nitrogens with two attached hydrogens (primary N) is 1. The van der Waals surface area contributed by atoms with Gasteiger partial charge in [0.15, 0.2) is 4.67 Å². The molecule has 1 aromatic carbocycles. The van der Waals surface area contributed by atoms with Gasteiger partial charge in [-0.15, -0.1) is 0 Å². The Bertz CT molecular complexity index is 484. The summed E-state index contributed by atoms with van der Waals surface area (Å²) in [5.74, 6) is 0. The summed E-state index contributed by atoms with van der Waals surface area (Å²) >= 11 is 3.35. The summed E-state index contributed by atoms with van der Waals surface area (Å²) in [6.45, 7) is 4.15. The van der Waals surface area contributed by atoms with Crippen molar-refractivity contribution in [1.29, 1.82) is 0 Å². The van der Waals surface area contributed by atoms with Crippen molar-refractivity contribution in [2.75, 3.05) is 0 Å². The lowest BCUT2D eigenvalue weighted by Gasteiger charge is -2.12. The van der Waals surface area contributed by atoms with Gasteiger partial charge in [0.2, 0.25) is 0 Å². The van der Waals surface area contributed by atoms with Crippen molar-refractivity contribution in [1.82, 2.24) is 0 Å². The van der Waals surface area contributed by atoms with Crippen molar-refractivity contribution in [2.45, 2.75) is 19.9 Å². The molecular weight excluding hydrogens is 266 g/mol. The third kappa shape index (κ3) is 2.20. The molecule has 0 amide bonds. The number of hydrogen-bond acceptors (Lipinski definition) is 2. The van der Waals surface area contributed by atoms with Gasteiger partial charge in [-0.3, -0.25) is 0 Å². The Hall–Kier alpha value is -1.06. The first kappa shape index (κ1) is 11.4. The maximum Gasteiger partial charge on any atom is 0.174 e. The Balaban J connectivity index is 2.41. The minimum atomic E-state index is -0.147. The maximum absolute atomic E-state index is 6.21. The van der Waals surface area contributed by atoms with E-state index in [1.807, 2.05) is 6.07 Å². The van der Waals surface area contributed by atoms with Gasteiger partial charge in [-0.05, 0) is 41.4 Å². The highest BCUT2D eigenvalue weighted by Gasteiger charge is 2.14. The molecule has 0 aliphatic heterocycles. The van der Waals surface area contributed by atoms with Crippen LogP contribution >= 0.6 is 15.9 Å². The molecule has 1 atom stereocenters. The van der Waals surface area contributed by atoms with Gasteiger partial charge in [-0.1, -0.05) is 29.3 Å². The average molecular weight is 280 g/mol. The van der Waals surface area contributed by atoms with Crippen LogP contribution in [0.2, 0.25) is 0 Å². The van der Waals surface area contributed by atoms with Crippen molar-refractivity contribution < 1.29 is 4.42 Å². The first-order valence-electron chi connectivity index (χ1n) is 5.14. The molecule has 84 valence electrons. The monoisotopic (exact) mass is 279 g/mol. The summed E-state index contributed by atoms with van der Waals surface area (Å²) < 4.78 is 5.91. The van der Waals surface area contributed by atoms with Crippen LogP contribution in [-0.4, -0.2) is 0 Å². The van der Waals surface area contributed by atoms with E-state index in [1.54, 1.807) is 6.26 Å². The highest BCUT2D eigenvalue weighted by molar-refractivity contribution is 9.10. The van der Waals surface area contributed by atoms with Crippen molar-refractivity contribution in [3.63, 3.8) is 0 Å². The summed E-state index contributed by atoms with van der Waals surface area (Å²) in [7, 11) is 0. The second-order valence-electron chi connectivity index (χ2n) is 4.05. The molecule has 2 nitrogen and oxygen atoms in total. The Morgan fingerprint density at radius 3 is 2.31 bits per heavy atom. The van der Waals surface area contributed by atoms with Gasteiger partial charge >= 0.3 is 0 Å². The molecule has 1 heterocycles. The zero-order valence-electron chi connectivity index (χ0n) is 9.33. The van der Waals surface area contributed by atoms with E-state index in [0.717, 1.165) is 11.1 Å². The van der Waals surface area contributed by atoms with E-state index >= 15 is 0 Å².